The van der Waals surface area contributed by atoms with Gasteiger partial charge in [-0.05, 0) is 36.4 Å². The molecule has 1 amide bonds. The minimum Gasteiger partial charge on any atom is -0.465 e. The molecule has 11 heteroatoms. The third kappa shape index (κ3) is 4.59. The van der Waals surface area contributed by atoms with Crippen molar-refractivity contribution >= 4 is 17.6 Å². The van der Waals surface area contributed by atoms with Crippen molar-refractivity contribution in [2.45, 2.75) is 12.4 Å². The first kappa shape index (κ1) is 21.2. The first-order valence-electron chi connectivity index (χ1n) is 7.32. The highest BCUT2D eigenvalue weighted by molar-refractivity contribution is 6.06. The van der Waals surface area contributed by atoms with Gasteiger partial charge in [0.15, 0.2) is 0 Å². The van der Waals surface area contributed by atoms with Gasteiger partial charge >= 0.3 is 18.3 Å². The van der Waals surface area contributed by atoms with Crippen molar-refractivity contribution in [3.8, 4) is 0 Å². The molecule has 1 N–H and O–H groups in total. The Morgan fingerprint density at radius 1 is 0.929 bits per heavy atom. The number of esters is 1. The van der Waals surface area contributed by atoms with Crippen LogP contribution in [0.1, 0.15) is 31.8 Å². The molecule has 28 heavy (non-hydrogen) atoms. The van der Waals surface area contributed by atoms with Crippen molar-refractivity contribution in [1.29, 1.82) is 0 Å². The van der Waals surface area contributed by atoms with E-state index in [1.54, 1.807) is 0 Å². The van der Waals surface area contributed by atoms with E-state index < -0.39 is 46.7 Å². The number of alkyl halides is 6. The van der Waals surface area contributed by atoms with Gasteiger partial charge < -0.3 is 10.1 Å². The third-order valence-electron chi connectivity index (χ3n) is 3.51. The molecular formula is C17H10F7NO3. The van der Waals surface area contributed by atoms with E-state index in [2.05, 4.69) is 4.74 Å². The van der Waals surface area contributed by atoms with E-state index in [1.807, 2.05) is 5.32 Å². The number of nitrogens with one attached hydrogen (secondary N) is 1. The van der Waals surface area contributed by atoms with Crippen LogP contribution in [0.3, 0.4) is 0 Å². The molecule has 4 nitrogen and oxygen atoms in total. The highest BCUT2D eigenvalue weighted by Crippen LogP contribution is 2.38. The normalized spacial score (nSPS) is 11.9. The summed E-state index contributed by atoms with van der Waals surface area (Å²) in [5, 5.41) is 1.94. The van der Waals surface area contributed by atoms with Gasteiger partial charge in [-0.1, -0.05) is 0 Å². The number of methoxy groups -OCH3 is 1. The zero-order valence-electron chi connectivity index (χ0n) is 13.8. The Hall–Kier alpha value is -3.11. The maximum Gasteiger partial charge on any atom is 0.417 e. The number of halogens is 7. The lowest BCUT2D eigenvalue weighted by molar-refractivity contribution is -0.143. The van der Waals surface area contributed by atoms with E-state index in [9.17, 15) is 40.3 Å². The lowest BCUT2D eigenvalue weighted by Gasteiger charge is -2.17. The number of amides is 1. The summed E-state index contributed by atoms with van der Waals surface area (Å²) in [5.41, 5.74) is -5.58. The van der Waals surface area contributed by atoms with Gasteiger partial charge in [0, 0.05) is 5.69 Å². The average molecular weight is 409 g/mol. The summed E-state index contributed by atoms with van der Waals surface area (Å²) < 4.78 is 95.8. The summed E-state index contributed by atoms with van der Waals surface area (Å²) in [7, 11) is 1.12. The fourth-order valence-corrected chi connectivity index (χ4v) is 2.23. The minimum atomic E-state index is -5.41. The van der Waals surface area contributed by atoms with Crippen molar-refractivity contribution in [1.82, 2.24) is 0 Å². The van der Waals surface area contributed by atoms with Crippen molar-refractivity contribution in [2.24, 2.45) is 0 Å². The van der Waals surface area contributed by atoms with Crippen LogP contribution in [-0.4, -0.2) is 19.0 Å². The second kappa shape index (κ2) is 7.49. The first-order valence-corrected chi connectivity index (χ1v) is 7.32. The molecule has 0 radical (unpaired) electrons. The van der Waals surface area contributed by atoms with Crippen LogP contribution >= 0.6 is 0 Å². The lowest BCUT2D eigenvalue weighted by Crippen LogP contribution is -2.22. The fourth-order valence-electron chi connectivity index (χ4n) is 2.23. The van der Waals surface area contributed by atoms with E-state index in [-0.39, 0.29) is 23.4 Å². The molecule has 2 aromatic carbocycles. The first-order chi connectivity index (χ1) is 12.8. The summed E-state index contributed by atoms with van der Waals surface area (Å²) in [6, 6.07) is 4.08. The van der Waals surface area contributed by atoms with Gasteiger partial charge in [0.1, 0.15) is 5.82 Å². The molecule has 0 atom stereocenters. The Morgan fingerprint density at radius 2 is 1.50 bits per heavy atom. The molecule has 0 fully saturated rings. The maximum atomic E-state index is 14.0. The molecule has 150 valence electrons. The van der Waals surface area contributed by atoms with Crippen molar-refractivity contribution < 1.29 is 45.1 Å². The maximum absolute atomic E-state index is 14.0. The number of ether oxygens (including phenoxy) is 1. The third-order valence-corrected chi connectivity index (χ3v) is 3.51. The van der Waals surface area contributed by atoms with Crippen LogP contribution in [0.4, 0.5) is 36.4 Å². The molecule has 0 bridgehead atoms. The molecule has 0 aliphatic rings. The molecule has 0 saturated carbocycles. The second-order valence-electron chi connectivity index (χ2n) is 5.40. The number of rotatable bonds is 3. The van der Waals surface area contributed by atoms with E-state index in [1.165, 1.54) is 12.1 Å². The smallest absolute Gasteiger partial charge is 0.417 e. The Morgan fingerprint density at radius 3 is 1.96 bits per heavy atom. The van der Waals surface area contributed by atoms with E-state index in [0.717, 1.165) is 19.2 Å². The second-order valence-corrected chi connectivity index (χ2v) is 5.40. The quantitative estimate of drug-likeness (QED) is 0.580. The number of carbonyl (C=O) groups is 2. The largest absolute Gasteiger partial charge is 0.465 e. The van der Waals surface area contributed by atoms with Crippen molar-refractivity contribution in [3.63, 3.8) is 0 Å². The molecule has 0 unspecified atom stereocenters. The van der Waals surface area contributed by atoms with Gasteiger partial charge in [0.2, 0.25) is 0 Å². The van der Waals surface area contributed by atoms with Crippen LogP contribution in [0.15, 0.2) is 36.4 Å². The Bertz CT molecular complexity index is 903. The average Bonchev–Trinajstić information content (AvgIpc) is 2.59. The van der Waals surface area contributed by atoms with Crippen molar-refractivity contribution in [3.05, 3.63) is 64.5 Å². The molecular weight excluding hydrogens is 399 g/mol. The Labute approximate surface area is 152 Å². The van der Waals surface area contributed by atoms with E-state index in [4.69, 9.17) is 0 Å². The zero-order valence-corrected chi connectivity index (χ0v) is 13.8. The lowest BCUT2D eigenvalue weighted by atomic mass is 10.0. The zero-order chi connectivity index (χ0) is 21.3. The Kier molecular flexibility index (Phi) is 5.67. The van der Waals surface area contributed by atoms with Crippen LogP contribution < -0.4 is 5.32 Å². The van der Waals surface area contributed by atoms with Gasteiger partial charge in [-0.3, -0.25) is 4.79 Å². The van der Waals surface area contributed by atoms with Gasteiger partial charge in [0.25, 0.3) is 5.91 Å². The predicted molar refractivity (Wildman–Crippen MR) is 82.1 cm³/mol. The summed E-state index contributed by atoms with van der Waals surface area (Å²) >= 11 is 0. The highest BCUT2D eigenvalue weighted by Gasteiger charge is 2.41. The molecule has 2 aromatic rings. The summed E-state index contributed by atoms with van der Waals surface area (Å²) in [5.74, 6) is -4.30. The fraction of sp³-hybridized carbons (Fsp3) is 0.176. The van der Waals surface area contributed by atoms with Crippen LogP contribution in [0.25, 0.3) is 0 Å². The van der Waals surface area contributed by atoms with Gasteiger partial charge in [-0.25, -0.2) is 9.18 Å². The van der Waals surface area contributed by atoms with Gasteiger partial charge in [-0.15, -0.1) is 0 Å². The standard InChI is InChI=1S/C17H10F7NO3/c1-28-15(27)8-2-4-10(5-3-8)25-14(26)13-11(17(22,23)24)6-9(7-12(13)18)16(19,20)21/h2-7H,1H3,(H,25,26). The SMILES string of the molecule is COC(=O)c1ccc(NC(=O)c2c(F)cc(C(F)(F)F)cc2C(F)(F)F)cc1. The number of carbonyl (C=O) groups excluding carboxylic acids is 2. The van der Waals surface area contributed by atoms with E-state index >= 15 is 0 Å². The Balaban J connectivity index is 2.43. The predicted octanol–water partition coefficient (Wildman–Crippen LogP) is 4.90. The molecule has 0 heterocycles. The number of hydrogen-bond acceptors (Lipinski definition) is 3. The molecule has 0 aromatic heterocycles. The van der Waals surface area contributed by atoms with Crippen LogP contribution in [-0.2, 0) is 17.1 Å². The van der Waals surface area contributed by atoms with Crippen LogP contribution in [0.5, 0.6) is 0 Å². The topological polar surface area (TPSA) is 55.4 Å². The van der Waals surface area contributed by atoms with E-state index in [0.29, 0.717) is 0 Å². The molecule has 0 spiro atoms. The molecule has 2 rings (SSSR count). The van der Waals surface area contributed by atoms with Crippen LogP contribution in [0, 0.1) is 5.82 Å². The molecule has 0 saturated heterocycles. The van der Waals surface area contributed by atoms with Gasteiger partial charge in [-0.2, -0.15) is 26.3 Å². The monoisotopic (exact) mass is 409 g/mol. The molecule has 0 aliphatic carbocycles. The number of benzene rings is 2. The minimum absolute atomic E-state index is 0.0668. The van der Waals surface area contributed by atoms with Gasteiger partial charge in [0.05, 0.1) is 29.4 Å². The van der Waals surface area contributed by atoms with Crippen molar-refractivity contribution in [2.75, 3.05) is 12.4 Å². The molecule has 0 aliphatic heterocycles. The number of anilines is 1. The number of hydrogen-bond donors (Lipinski definition) is 1. The summed E-state index contributed by atoms with van der Waals surface area (Å²) in [6.07, 6.45) is -10.6. The highest BCUT2D eigenvalue weighted by atomic mass is 19.4. The van der Waals surface area contributed by atoms with Crippen LogP contribution in [0.2, 0.25) is 0 Å². The summed E-state index contributed by atoms with van der Waals surface area (Å²) in [6.45, 7) is 0. The summed E-state index contributed by atoms with van der Waals surface area (Å²) in [4.78, 5) is 23.4.